The molecule has 1 aliphatic heterocycles. The van der Waals surface area contributed by atoms with Gasteiger partial charge in [0.1, 0.15) is 0 Å². The fourth-order valence-electron chi connectivity index (χ4n) is 3.22. The summed E-state index contributed by atoms with van der Waals surface area (Å²) in [6.45, 7) is 7.85. The number of nitrogens with zero attached hydrogens (tertiary/aromatic N) is 1. The van der Waals surface area contributed by atoms with E-state index in [4.69, 9.17) is 5.73 Å². The maximum Gasteiger partial charge on any atom is 0.0413 e. The molecular weight excluding hydrogens is 264 g/mol. The Morgan fingerprint density at radius 1 is 1.40 bits per heavy atom. The smallest absolute Gasteiger partial charge is 0.0413 e. The molecule has 1 aliphatic rings. The lowest BCUT2D eigenvalue weighted by Crippen LogP contribution is -2.43. The molecule has 1 fully saturated rings. The van der Waals surface area contributed by atoms with Gasteiger partial charge >= 0.3 is 0 Å². The summed E-state index contributed by atoms with van der Waals surface area (Å²) in [5, 5.41) is 1.38. The minimum atomic E-state index is 0.508. The number of benzene rings is 1. The molecule has 0 saturated carbocycles. The van der Waals surface area contributed by atoms with Crippen molar-refractivity contribution < 1.29 is 0 Å². The Bertz CT molecular complexity index is 544. The first kappa shape index (κ1) is 14.1. The Labute approximate surface area is 125 Å². The van der Waals surface area contributed by atoms with Crippen molar-refractivity contribution in [3.8, 4) is 0 Å². The molecule has 3 heteroatoms. The third kappa shape index (κ3) is 2.62. The van der Waals surface area contributed by atoms with E-state index in [2.05, 4.69) is 49.1 Å². The minimum absolute atomic E-state index is 0.508. The molecule has 1 aromatic carbocycles. The van der Waals surface area contributed by atoms with Gasteiger partial charge in [-0.05, 0) is 55.8 Å². The van der Waals surface area contributed by atoms with E-state index in [1.807, 2.05) is 11.3 Å². The van der Waals surface area contributed by atoms with Crippen LogP contribution in [0.25, 0.3) is 10.1 Å². The van der Waals surface area contributed by atoms with Gasteiger partial charge < -0.3 is 5.73 Å². The number of rotatable bonds is 3. The van der Waals surface area contributed by atoms with Crippen LogP contribution in [0.1, 0.15) is 31.2 Å². The quantitative estimate of drug-likeness (QED) is 0.928. The van der Waals surface area contributed by atoms with Gasteiger partial charge in [-0.3, -0.25) is 4.90 Å². The summed E-state index contributed by atoms with van der Waals surface area (Å²) in [5.74, 6) is 1.42. The maximum absolute atomic E-state index is 5.93. The highest BCUT2D eigenvalue weighted by Crippen LogP contribution is 2.35. The number of fused-ring (bicyclic) bond motifs is 1. The highest BCUT2D eigenvalue weighted by molar-refractivity contribution is 7.19. The van der Waals surface area contributed by atoms with Crippen molar-refractivity contribution in [2.45, 2.75) is 26.3 Å². The Balaban J connectivity index is 1.79. The van der Waals surface area contributed by atoms with Crippen molar-refractivity contribution in [2.75, 3.05) is 19.6 Å². The van der Waals surface area contributed by atoms with Crippen LogP contribution in [0.5, 0.6) is 0 Å². The maximum atomic E-state index is 5.93. The second-order valence-corrected chi connectivity index (χ2v) is 7.23. The second-order valence-electron chi connectivity index (χ2n) is 6.12. The Hall–Kier alpha value is -0.900. The predicted octanol–water partition coefficient (Wildman–Crippen LogP) is 3.88. The molecule has 0 aliphatic carbocycles. The zero-order chi connectivity index (χ0) is 14.1. The number of nitrogens with two attached hydrogens (primary N) is 1. The zero-order valence-electron chi connectivity index (χ0n) is 12.4. The van der Waals surface area contributed by atoms with E-state index in [1.165, 1.54) is 27.9 Å². The van der Waals surface area contributed by atoms with Crippen molar-refractivity contribution in [3.63, 3.8) is 0 Å². The summed E-state index contributed by atoms with van der Waals surface area (Å²) in [4.78, 5) is 4.10. The number of thiophene rings is 1. The first-order valence-corrected chi connectivity index (χ1v) is 8.43. The van der Waals surface area contributed by atoms with Gasteiger partial charge in [0, 0.05) is 22.2 Å². The van der Waals surface area contributed by atoms with Crippen molar-refractivity contribution in [3.05, 3.63) is 35.2 Å². The molecule has 3 unspecified atom stereocenters. The van der Waals surface area contributed by atoms with Gasteiger partial charge in [0.25, 0.3) is 0 Å². The molecule has 20 heavy (non-hydrogen) atoms. The van der Waals surface area contributed by atoms with Gasteiger partial charge in [0.15, 0.2) is 0 Å². The second kappa shape index (κ2) is 5.84. The topological polar surface area (TPSA) is 29.3 Å². The highest BCUT2D eigenvalue weighted by Gasteiger charge is 2.28. The molecular formula is C17H24N2S. The van der Waals surface area contributed by atoms with Crippen LogP contribution in [0.2, 0.25) is 0 Å². The van der Waals surface area contributed by atoms with Gasteiger partial charge in [0.05, 0.1) is 0 Å². The lowest BCUT2D eigenvalue weighted by Gasteiger charge is -2.39. The number of likely N-dealkylation sites (tertiary alicyclic amines) is 1. The van der Waals surface area contributed by atoms with E-state index >= 15 is 0 Å². The van der Waals surface area contributed by atoms with Gasteiger partial charge in [-0.2, -0.15) is 0 Å². The first-order chi connectivity index (χ1) is 9.69. The number of piperidine rings is 1. The molecule has 108 valence electrons. The summed E-state index contributed by atoms with van der Waals surface area (Å²) >= 11 is 1.94. The molecule has 0 spiro atoms. The van der Waals surface area contributed by atoms with Crippen molar-refractivity contribution in [1.82, 2.24) is 4.90 Å². The van der Waals surface area contributed by atoms with E-state index < -0.39 is 0 Å². The zero-order valence-corrected chi connectivity index (χ0v) is 13.2. The van der Waals surface area contributed by atoms with Crippen LogP contribution in [0.3, 0.4) is 0 Å². The molecule has 2 nitrogen and oxygen atoms in total. The van der Waals surface area contributed by atoms with Crippen LogP contribution in [-0.4, -0.2) is 24.5 Å². The summed E-state index contributed by atoms with van der Waals surface area (Å²) < 4.78 is 1.40. The van der Waals surface area contributed by atoms with Crippen LogP contribution in [0.15, 0.2) is 30.3 Å². The van der Waals surface area contributed by atoms with E-state index in [9.17, 15) is 0 Å². The average molecular weight is 288 g/mol. The third-order valence-electron chi connectivity index (χ3n) is 4.85. The van der Waals surface area contributed by atoms with Gasteiger partial charge in [-0.1, -0.05) is 25.1 Å². The van der Waals surface area contributed by atoms with E-state index in [1.54, 1.807) is 0 Å². The van der Waals surface area contributed by atoms with Crippen molar-refractivity contribution in [2.24, 2.45) is 17.6 Å². The summed E-state index contributed by atoms with van der Waals surface area (Å²) in [6, 6.07) is 11.5. The van der Waals surface area contributed by atoms with Crippen LogP contribution >= 0.6 is 11.3 Å². The summed E-state index contributed by atoms with van der Waals surface area (Å²) in [5.41, 5.74) is 5.93. The lowest BCUT2D eigenvalue weighted by molar-refractivity contribution is 0.0992. The molecule has 2 N–H and O–H groups in total. The molecule has 0 radical (unpaired) electrons. The monoisotopic (exact) mass is 288 g/mol. The normalized spacial score (nSPS) is 25.9. The number of hydrogen-bond acceptors (Lipinski definition) is 3. The average Bonchev–Trinajstić information content (AvgIpc) is 2.91. The van der Waals surface area contributed by atoms with E-state index in [-0.39, 0.29) is 0 Å². The fourth-order valence-corrected chi connectivity index (χ4v) is 4.38. The predicted molar refractivity (Wildman–Crippen MR) is 88.1 cm³/mol. The first-order valence-electron chi connectivity index (χ1n) is 7.61. The fraction of sp³-hybridized carbons (Fsp3) is 0.529. The standard InChI is InChI=1S/C17H24N2S/c1-12-7-8-19(11-15(12)10-18)13(2)17-9-14-5-3-4-6-16(14)20-17/h3-6,9,12-13,15H,7-8,10-11,18H2,1-2H3. The minimum Gasteiger partial charge on any atom is -0.330 e. The SMILES string of the molecule is CC1CCN(C(C)c2cc3ccccc3s2)CC1CN. The molecule has 2 aromatic rings. The molecule has 1 saturated heterocycles. The molecule has 3 rings (SSSR count). The summed E-state index contributed by atoms with van der Waals surface area (Å²) in [6.07, 6.45) is 1.27. The van der Waals surface area contributed by atoms with Crippen LogP contribution in [0, 0.1) is 11.8 Å². The van der Waals surface area contributed by atoms with Gasteiger partial charge in [0.2, 0.25) is 0 Å². The van der Waals surface area contributed by atoms with E-state index in [0.717, 1.165) is 19.0 Å². The number of hydrogen-bond donors (Lipinski definition) is 1. The Morgan fingerprint density at radius 2 is 2.20 bits per heavy atom. The largest absolute Gasteiger partial charge is 0.330 e. The molecule has 0 amide bonds. The third-order valence-corrected chi connectivity index (χ3v) is 6.14. The van der Waals surface area contributed by atoms with Gasteiger partial charge in [-0.25, -0.2) is 0 Å². The summed E-state index contributed by atoms with van der Waals surface area (Å²) in [7, 11) is 0. The Kier molecular flexibility index (Phi) is 4.11. The molecule has 2 heterocycles. The Morgan fingerprint density at radius 3 is 2.95 bits per heavy atom. The molecule has 3 atom stereocenters. The van der Waals surface area contributed by atoms with Crippen molar-refractivity contribution >= 4 is 21.4 Å². The highest BCUT2D eigenvalue weighted by atomic mass is 32.1. The van der Waals surface area contributed by atoms with Gasteiger partial charge in [-0.15, -0.1) is 11.3 Å². The molecule has 0 bridgehead atoms. The molecule has 1 aromatic heterocycles. The lowest BCUT2D eigenvalue weighted by atomic mass is 9.86. The van der Waals surface area contributed by atoms with Crippen molar-refractivity contribution in [1.29, 1.82) is 0 Å². The van der Waals surface area contributed by atoms with Crippen LogP contribution in [-0.2, 0) is 0 Å². The van der Waals surface area contributed by atoms with Crippen LogP contribution in [0.4, 0.5) is 0 Å². The van der Waals surface area contributed by atoms with E-state index in [0.29, 0.717) is 12.0 Å². The van der Waals surface area contributed by atoms with Crippen LogP contribution < -0.4 is 5.73 Å².